The first-order valence-electron chi connectivity index (χ1n) is 17.1. The van der Waals surface area contributed by atoms with E-state index >= 15 is 0 Å². The predicted octanol–water partition coefficient (Wildman–Crippen LogP) is 5.97. The Morgan fingerprint density at radius 3 is 2.18 bits per heavy atom. The minimum absolute atomic E-state index is 0.0686. The fraction of sp³-hybridized carbons (Fsp3) is 0.216. The topological polar surface area (TPSA) is 202 Å². The van der Waals surface area contributed by atoms with E-state index in [1.807, 2.05) is 4.90 Å². The SMILES string of the molecule is CS(=O)(=O)c1ccc(NC2=NCN(c3ccnc(C=O)c3)c3ccoc32)c(F)c1.CS(=O)(=O)c1ccc(Nc2ncnc3c(C4CCNCC4)coc23)c(F)c1. The molecule has 6 aromatic rings. The van der Waals surface area contributed by atoms with E-state index in [1.165, 1.54) is 43.1 Å². The normalized spacial score (nSPS) is 14.7. The summed E-state index contributed by atoms with van der Waals surface area (Å²) in [5.41, 5.74) is 4.06. The van der Waals surface area contributed by atoms with Crippen molar-refractivity contribution in [3.05, 3.63) is 108 Å². The first kappa shape index (κ1) is 38.2. The number of rotatable bonds is 8. The van der Waals surface area contributed by atoms with E-state index in [0.717, 1.165) is 56.1 Å². The number of anilines is 5. The summed E-state index contributed by atoms with van der Waals surface area (Å²) in [6.45, 7) is 2.09. The zero-order valence-corrected chi connectivity index (χ0v) is 31.5. The number of aliphatic imine (C=N–C) groups is 1. The van der Waals surface area contributed by atoms with Crippen LogP contribution < -0.4 is 20.9 Å². The second kappa shape index (κ2) is 15.6. The third-order valence-electron chi connectivity index (χ3n) is 9.12. The van der Waals surface area contributed by atoms with E-state index in [2.05, 4.69) is 35.9 Å². The summed E-state index contributed by atoms with van der Waals surface area (Å²) in [5, 5.41) is 9.07. The van der Waals surface area contributed by atoms with Crippen molar-refractivity contribution >= 4 is 71.5 Å². The minimum Gasteiger partial charge on any atom is -0.459 e. The smallest absolute Gasteiger partial charge is 0.195 e. The Hall–Kier alpha value is -6.05. The molecule has 2 aliphatic heterocycles. The number of halogens is 2. The van der Waals surface area contributed by atoms with Crippen molar-refractivity contribution in [3.63, 3.8) is 0 Å². The van der Waals surface area contributed by atoms with Gasteiger partial charge in [-0.3, -0.25) is 9.78 Å². The van der Waals surface area contributed by atoms with E-state index in [1.54, 1.807) is 24.5 Å². The van der Waals surface area contributed by atoms with Crippen molar-refractivity contribution in [1.82, 2.24) is 20.3 Å². The van der Waals surface area contributed by atoms with Crippen LogP contribution in [0.25, 0.3) is 11.1 Å². The van der Waals surface area contributed by atoms with Crippen LogP contribution >= 0.6 is 0 Å². The van der Waals surface area contributed by atoms with Gasteiger partial charge in [0, 0.05) is 36.0 Å². The molecule has 8 rings (SSSR count). The molecule has 0 unspecified atom stereocenters. The summed E-state index contributed by atoms with van der Waals surface area (Å²) in [5.74, 6) is -0.0258. The van der Waals surface area contributed by atoms with Gasteiger partial charge >= 0.3 is 0 Å². The number of aromatic nitrogens is 3. The molecule has 6 heterocycles. The number of furan rings is 2. The maximum absolute atomic E-state index is 14.4. The lowest BCUT2D eigenvalue weighted by Gasteiger charge is -2.27. The molecule has 15 nitrogen and oxygen atoms in total. The number of carbonyl (C=O) groups is 1. The van der Waals surface area contributed by atoms with Crippen molar-refractivity contribution < 1.29 is 39.2 Å². The molecule has 0 aliphatic carbocycles. The highest BCUT2D eigenvalue weighted by molar-refractivity contribution is 7.91. The number of amidine groups is 1. The second-order valence-corrected chi connectivity index (χ2v) is 17.0. The number of piperidine rings is 1. The number of benzene rings is 2. The molecule has 19 heteroatoms. The Morgan fingerprint density at radius 1 is 0.857 bits per heavy atom. The molecule has 0 amide bonds. The predicted molar refractivity (Wildman–Crippen MR) is 204 cm³/mol. The summed E-state index contributed by atoms with van der Waals surface area (Å²) >= 11 is 0. The van der Waals surface area contributed by atoms with Crippen molar-refractivity contribution in [2.45, 2.75) is 28.6 Å². The lowest BCUT2D eigenvalue weighted by molar-refractivity contribution is 0.111. The molecule has 1 fully saturated rings. The molecule has 1 saturated heterocycles. The van der Waals surface area contributed by atoms with E-state index in [4.69, 9.17) is 8.83 Å². The molecule has 0 radical (unpaired) electrons. The molecule has 4 aromatic heterocycles. The quantitative estimate of drug-likeness (QED) is 0.152. The van der Waals surface area contributed by atoms with Crippen LogP contribution in [0, 0.1) is 11.6 Å². The number of pyridine rings is 1. The molecule has 0 spiro atoms. The Bertz CT molecular complexity index is 2700. The number of hydrogen-bond donors (Lipinski definition) is 3. The average Bonchev–Trinajstić information content (AvgIpc) is 3.86. The second-order valence-electron chi connectivity index (χ2n) is 13.0. The average molecular weight is 805 g/mol. The number of carbonyl (C=O) groups excluding carboxylic acids is 1. The summed E-state index contributed by atoms with van der Waals surface area (Å²) in [6, 6.07) is 12.4. The summed E-state index contributed by atoms with van der Waals surface area (Å²) in [6.07, 6.45) is 10.8. The molecular weight excluding hydrogens is 771 g/mol. The monoisotopic (exact) mass is 804 g/mol. The van der Waals surface area contributed by atoms with Gasteiger partial charge in [-0.05, 0) is 80.4 Å². The van der Waals surface area contributed by atoms with Crippen LogP contribution in [-0.2, 0) is 19.7 Å². The zero-order valence-electron chi connectivity index (χ0n) is 29.9. The van der Waals surface area contributed by atoms with Crippen LogP contribution in [0.2, 0.25) is 0 Å². The Labute approximate surface area is 319 Å². The van der Waals surface area contributed by atoms with Crippen LogP contribution in [0.1, 0.15) is 40.6 Å². The summed E-state index contributed by atoms with van der Waals surface area (Å²) in [4.78, 5) is 29.5. The van der Waals surface area contributed by atoms with E-state index in [-0.39, 0.29) is 33.5 Å². The Kier molecular flexibility index (Phi) is 10.6. The molecule has 3 N–H and O–H groups in total. The van der Waals surface area contributed by atoms with Crippen molar-refractivity contribution in [2.24, 2.45) is 4.99 Å². The third kappa shape index (κ3) is 8.14. The minimum atomic E-state index is -3.51. The van der Waals surface area contributed by atoms with Crippen molar-refractivity contribution in [1.29, 1.82) is 0 Å². The van der Waals surface area contributed by atoms with Gasteiger partial charge in [0.15, 0.2) is 49.0 Å². The fourth-order valence-electron chi connectivity index (χ4n) is 6.26. The lowest BCUT2D eigenvalue weighted by Crippen LogP contribution is -2.28. The number of hydrogen-bond acceptors (Lipinski definition) is 15. The molecule has 290 valence electrons. The largest absolute Gasteiger partial charge is 0.459 e. The van der Waals surface area contributed by atoms with E-state index < -0.39 is 31.3 Å². The van der Waals surface area contributed by atoms with Gasteiger partial charge in [0.05, 0.1) is 39.4 Å². The van der Waals surface area contributed by atoms with Crippen LogP contribution in [0.3, 0.4) is 0 Å². The van der Waals surface area contributed by atoms with Crippen molar-refractivity contribution in [2.75, 3.05) is 47.8 Å². The molecule has 2 aliphatic rings. The number of nitrogens with one attached hydrogen (secondary N) is 3. The van der Waals surface area contributed by atoms with Gasteiger partial charge in [-0.2, -0.15) is 0 Å². The van der Waals surface area contributed by atoms with Crippen LogP contribution in [0.5, 0.6) is 0 Å². The van der Waals surface area contributed by atoms with Gasteiger partial charge in [-0.1, -0.05) is 0 Å². The van der Waals surface area contributed by atoms with E-state index in [0.29, 0.717) is 52.1 Å². The summed E-state index contributed by atoms with van der Waals surface area (Å²) in [7, 11) is -6.99. The molecule has 0 atom stereocenters. The van der Waals surface area contributed by atoms with Gasteiger partial charge in [0.1, 0.15) is 35.8 Å². The molecular formula is C37H34F2N8O7S2. The molecule has 56 heavy (non-hydrogen) atoms. The maximum atomic E-state index is 14.4. The van der Waals surface area contributed by atoms with Gasteiger partial charge in [0.2, 0.25) is 0 Å². The van der Waals surface area contributed by atoms with Gasteiger partial charge in [0.25, 0.3) is 0 Å². The van der Waals surface area contributed by atoms with Crippen molar-refractivity contribution in [3.8, 4) is 0 Å². The first-order chi connectivity index (χ1) is 26.8. The fourth-order valence-corrected chi connectivity index (χ4v) is 7.52. The Balaban J connectivity index is 0.000000172. The standard InChI is InChI=1S/C19H15FN4O4S.C18H19FN4O3S/c1-29(26,27)14-2-3-16(15(20)9-14)23-19-18-17(5-7-28-18)24(11-22-19)13-4-6-21-12(8-13)10-25;1-27(24,25)12-2-3-15(14(19)8-12)23-18-17-16(21-10-22-18)13(9-26-17)11-4-6-20-7-5-11/h2-10H,11H2,1H3,(H,22,23);2-3,8-11,20H,4-7H2,1H3,(H,21,22,23). The number of nitrogens with zero attached hydrogens (tertiary/aromatic N) is 5. The highest BCUT2D eigenvalue weighted by Crippen LogP contribution is 2.36. The molecule has 0 saturated carbocycles. The van der Waals surface area contributed by atoms with Crippen LogP contribution in [-0.4, -0.2) is 76.2 Å². The Morgan fingerprint density at radius 2 is 1.54 bits per heavy atom. The zero-order chi connectivity index (χ0) is 39.6. The molecule has 2 aromatic carbocycles. The van der Waals surface area contributed by atoms with Gasteiger partial charge < -0.3 is 29.7 Å². The van der Waals surface area contributed by atoms with Gasteiger partial charge in [-0.15, -0.1) is 0 Å². The van der Waals surface area contributed by atoms with Gasteiger partial charge in [-0.25, -0.2) is 40.6 Å². The van der Waals surface area contributed by atoms with E-state index in [9.17, 15) is 30.4 Å². The van der Waals surface area contributed by atoms with Crippen LogP contribution in [0.4, 0.5) is 37.3 Å². The maximum Gasteiger partial charge on any atom is 0.195 e. The number of sulfone groups is 2. The molecule has 0 bridgehead atoms. The number of fused-ring (bicyclic) bond motifs is 2. The summed E-state index contributed by atoms with van der Waals surface area (Å²) < 4.78 is 86.2. The third-order valence-corrected chi connectivity index (χ3v) is 11.3. The number of aldehydes is 1. The first-order valence-corrected chi connectivity index (χ1v) is 20.9. The van der Waals surface area contributed by atoms with Crippen LogP contribution in [0.15, 0.2) is 103 Å². The lowest BCUT2D eigenvalue weighted by atomic mass is 9.91. The highest BCUT2D eigenvalue weighted by Gasteiger charge is 2.26. The highest BCUT2D eigenvalue weighted by atomic mass is 32.2.